The molecule has 0 saturated heterocycles. The topological polar surface area (TPSA) is 66.1 Å². The third-order valence-electron chi connectivity index (χ3n) is 3.33. The Hall–Kier alpha value is -0.351. The second-order valence-electron chi connectivity index (χ2n) is 5.33. The molecule has 0 bridgehead atoms. The van der Waals surface area contributed by atoms with Crippen molar-refractivity contribution in [1.82, 2.24) is 0 Å². The van der Waals surface area contributed by atoms with E-state index in [2.05, 4.69) is 18.6 Å². The number of hydrogen-bond donors (Lipinski definition) is 0. The summed E-state index contributed by atoms with van der Waals surface area (Å²) in [6.07, 6.45) is 20.0. The maximum atomic E-state index is 7.25. The second kappa shape index (κ2) is 26.9. The van der Waals surface area contributed by atoms with Gasteiger partial charge in [0.05, 0.1) is 14.2 Å². The van der Waals surface area contributed by atoms with Crippen LogP contribution in [0.4, 0.5) is 11.4 Å². The number of hydrogen-bond acceptors (Lipinski definition) is 2. The van der Waals surface area contributed by atoms with Gasteiger partial charge in [-0.05, 0) is 76.3 Å². The van der Waals surface area contributed by atoms with Crippen molar-refractivity contribution in [2.75, 3.05) is 14.2 Å². The van der Waals surface area contributed by atoms with Crippen LogP contribution in [-0.4, -0.2) is 14.2 Å². The molecule has 8 heteroatoms. The molecule has 2 aromatic carbocycles. The quantitative estimate of drug-likeness (QED) is 0.360. The Kier molecular flexibility index (Phi) is 28.4. The van der Waals surface area contributed by atoms with Gasteiger partial charge in [0.1, 0.15) is 11.5 Å². The van der Waals surface area contributed by atoms with E-state index in [4.69, 9.17) is 20.9 Å². The van der Waals surface area contributed by atoms with Gasteiger partial charge in [-0.1, -0.05) is 47.8 Å². The number of rotatable bonds is 2. The number of benzene rings is 2. The Labute approximate surface area is 226 Å². The summed E-state index contributed by atoms with van der Waals surface area (Å²) in [5, 5.41) is 0. The van der Waals surface area contributed by atoms with Crippen molar-refractivity contribution in [3.63, 3.8) is 0 Å². The van der Waals surface area contributed by atoms with Crippen molar-refractivity contribution in [1.29, 1.82) is 0 Å². The molecule has 0 heterocycles. The van der Waals surface area contributed by atoms with Crippen molar-refractivity contribution in [3.8, 4) is 11.5 Å². The van der Waals surface area contributed by atoms with Gasteiger partial charge < -0.3 is 20.9 Å². The Morgan fingerprint density at radius 3 is 0.938 bits per heavy atom. The van der Waals surface area contributed by atoms with Crippen molar-refractivity contribution in [2.24, 2.45) is 0 Å². The monoisotopic (exact) mass is 540 g/mol. The van der Waals surface area contributed by atoms with Crippen LogP contribution in [0.5, 0.6) is 11.5 Å². The first kappa shape index (κ1) is 33.8. The Bertz CT molecular complexity index is 574. The van der Waals surface area contributed by atoms with E-state index < -0.39 is 0 Å². The van der Waals surface area contributed by atoms with Crippen molar-refractivity contribution >= 4 is 30.0 Å². The standard InChI is InChI=1S/2C7H8NO.2C5H5.2ClH.2Ti/c2*1-9-7-5-3-2-4-6(7)8;2*1-2-4-5-3-1;;;;/h2*2-5,8H,1H3;2*1-5H;2*1H;;/q2*-1;;;;;+2;+4/p-2. The van der Waals surface area contributed by atoms with Gasteiger partial charge in [0.2, 0.25) is 0 Å². The van der Waals surface area contributed by atoms with E-state index in [1.54, 1.807) is 38.5 Å². The minimum absolute atomic E-state index is 0.431. The Morgan fingerprint density at radius 2 is 0.781 bits per heavy atom. The van der Waals surface area contributed by atoms with Crippen LogP contribution in [0.1, 0.15) is 0 Å². The normalized spacial score (nSPS) is 12.9. The zero-order chi connectivity index (χ0) is 24.5. The first-order valence-electron chi connectivity index (χ1n) is 9.09. The van der Waals surface area contributed by atoms with Crippen LogP contribution in [0.2, 0.25) is 0 Å². The molecule has 2 aliphatic rings. The van der Waals surface area contributed by atoms with E-state index in [1.165, 1.54) is 38.7 Å². The molecule has 0 unspecified atom stereocenters. The van der Waals surface area contributed by atoms with Gasteiger partial charge in [-0.15, -0.1) is 0 Å². The molecule has 32 heavy (non-hydrogen) atoms. The molecule has 0 atom stereocenters. The summed E-state index contributed by atoms with van der Waals surface area (Å²) >= 11 is 2.94. The summed E-state index contributed by atoms with van der Waals surface area (Å²) in [7, 11) is 12.4. The number of methoxy groups -OCH3 is 2. The molecule has 0 amide bonds. The van der Waals surface area contributed by atoms with Crippen LogP contribution in [0.15, 0.2) is 48.5 Å². The van der Waals surface area contributed by atoms with Gasteiger partial charge in [0.25, 0.3) is 0 Å². The Balaban J connectivity index is 0. The summed E-state index contributed by atoms with van der Waals surface area (Å²) in [4.78, 5) is 0. The SMILES string of the molecule is COc1ccccc1[NH-].COc1ccccc1[NH-].[CH]1[CH][CH][CH][CH]1.[CH]1[CH][CH][CH][CH]1.[Cl][Ti+3].[Cl][Ti+]. The fourth-order valence-electron chi connectivity index (χ4n) is 1.93. The van der Waals surface area contributed by atoms with Gasteiger partial charge >= 0.3 is 57.4 Å². The predicted molar refractivity (Wildman–Crippen MR) is 129 cm³/mol. The maximum absolute atomic E-state index is 7.25. The van der Waals surface area contributed by atoms with Crippen LogP contribution >= 0.6 is 18.6 Å². The average Bonchev–Trinajstić information content (AvgIpc) is 3.62. The molecule has 2 N–H and O–H groups in total. The van der Waals surface area contributed by atoms with E-state index in [9.17, 15) is 0 Å². The molecule has 0 spiro atoms. The number of nitrogens with one attached hydrogen (secondary N) is 2. The summed E-state index contributed by atoms with van der Waals surface area (Å²) in [5.74, 6) is 1.25. The van der Waals surface area contributed by atoms with E-state index in [0.717, 1.165) is 0 Å². The summed E-state index contributed by atoms with van der Waals surface area (Å²) < 4.78 is 9.71. The Morgan fingerprint density at radius 1 is 0.562 bits per heavy atom. The third kappa shape index (κ3) is 19.1. The zero-order valence-corrected chi connectivity index (χ0v) is 22.6. The van der Waals surface area contributed by atoms with Crippen molar-refractivity contribution in [3.05, 3.63) is 124 Å². The van der Waals surface area contributed by atoms with Gasteiger partial charge in [0.15, 0.2) is 0 Å². The van der Waals surface area contributed by atoms with Crippen molar-refractivity contribution < 1.29 is 48.2 Å². The molecule has 4 nitrogen and oxygen atoms in total. The summed E-state index contributed by atoms with van der Waals surface area (Å²) in [6, 6.07) is 14.2. The number of para-hydroxylation sites is 2. The van der Waals surface area contributed by atoms with E-state index in [0.29, 0.717) is 22.9 Å². The number of halogens is 2. The molecule has 0 aliphatic heterocycles. The predicted octanol–water partition coefficient (Wildman–Crippen LogP) is 8.17. The van der Waals surface area contributed by atoms with E-state index in [-0.39, 0.29) is 0 Å². The van der Waals surface area contributed by atoms with Gasteiger partial charge in [-0.3, -0.25) is 0 Å². The van der Waals surface area contributed by atoms with Gasteiger partial charge in [-0.2, -0.15) is 0 Å². The molecule has 4 rings (SSSR count). The van der Waals surface area contributed by atoms with E-state index in [1.807, 2.05) is 88.5 Å². The molecule has 2 fully saturated rings. The fourth-order valence-corrected chi connectivity index (χ4v) is 1.93. The molecule has 2 aliphatic carbocycles. The molecule has 10 radical (unpaired) electrons. The molecule has 164 valence electrons. The van der Waals surface area contributed by atoms with Crippen LogP contribution in [-0.2, 0) is 38.7 Å². The van der Waals surface area contributed by atoms with Crippen LogP contribution < -0.4 is 9.47 Å². The van der Waals surface area contributed by atoms with Crippen LogP contribution in [0.25, 0.3) is 11.5 Å². The molecule has 2 aromatic rings. The van der Waals surface area contributed by atoms with E-state index >= 15 is 0 Å². The minimum atomic E-state index is 0.431. The third-order valence-corrected chi connectivity index (χ3v) is 3.33. The second-order valence-corrected chi connectivity index (χ2v) is 5.33. The van der Waals surface area contributed by atoms with Gasteiger partial charge in [0, 0.05) is 0 Å². The van der Waals surface area contributed by atoms with Crippen molar-refractivity contribution in [2.45, 2.75) is 0 Å². The summed E-state index contributed by atoms with van der Waals surface area (Å²) in [6.45, 7) is 0. The fraction of sp³-hybridized carbons (Fsp3) is 0.0833. The zero-order valence-electron chi connectivity index (χ0n) is 18.0. The van der Waals surface area contributed by atoms with Gasteiger partial charge in [-0.25, -0.2) is 0 Å². The molecular formula is C24H26Cl2N2O2Ti2+2. The van der Waals surface area contributed by atoms with Crippen LogP contribution in [0, 0.1) is 64.2 Å². The summed E-state index contributed by atoms with van der Waals surface area (Å²) in [5.41, 5.74) is 15.4. The molecule has 2 saturated carbocycles. The molecule has 0 aromatic heterocycles. The number of ether oxygens (including phenoxy) is 2. The average molecular weight is 541 g/mol. The first-order chi connectivity index (χ1) is 15.7. The molecular weight excluding hydrogens is 515 g/mol. The van der Waals surface area contributed by atoms with Crippen LogP contribution in [0.3, 0.4) is 0 Å². The first-order valence-corrected chi connectivity index (χ1v) is 13.4.